The number of urea groups is 1. The average molecular weight is 539 g/mol. The fourth-order valence-electron chi connectivity index (χ4n) is 6.01. The monoisotopic (exact) mass is 538 g/mol. The van der Waals surface area contributed by atoms with Crippen molar-refractivity contribution in [2.75, 3.05) is 40.8 Å². The van der Waals surface area contributed by atoms with Gasteiger partial charge in [0.05, 0.1) is 19.2 Å². The van der Waals surface area contributed by atoms with Crippen LogP contribution in [0.25, 0.3) is 0 Å². The van der Waals surface area contributed by atoms with Crippen molar-refractivity contribution in [1.82, 2.24) is 25.3 Å². The molecule has 4 amide bonds. The van der Waals surface area contributed by atoms with Gasteiger partial charge in [-0.3, -0.25) is 19.9 Å². The number of benzene rings is 1. The molecule has 1 aromatic carbocycles. The van der Waals surface area contributed by atoms with E-state index >= 15 is 0 Å². The van der Waals surface area contributed by atoms with Gasteiger partial charge in [-0.1, -0.05) is 6.07 Å². The van der Waals surface area contributed by atoms with Gasteiger partial charge in [0, 0.05) is 25.7 Å². The number of dihydropyridines is 1. The Kier molecular flexibility index (Phi) is 6.09. The molecule has 0 saturated carbocycles. The number of nitrogens with zero attached hydrogens (tertiary/aromatic N) is 4. The number of hydrogen-bond acceptors (Lipinski definition) is 8. The molecule has 2 saturated heterocycles. The molecule has 0 spiro atoms. The minimum atomic E-state index is -1.67. The number of ether oxygens (including phenoxy) is 2. The quantitative estimate of drug-likeness (QED) is 0.538. The third kappa shape index (κ3) is 4.13. The first-order chi connectivity index (χ1) is 18.7. The Balaban J connectivity index is 1.25. The van der Waals surface area contributed by atoms with Crippen LogP contribution < -0.4 is 15.4 Å². The Labute approximate surface area is 225 Å². The molecule has 11 nitrogen and oxygen atoms in total. The number of piperidine rings is 1. The first-order valence-electron chi connectivity index (χ1n) is 13.0. The number of methoxy groups -OCH3 is 1. The molecule has 0 bridgehead atoms. The van der Waals surface area contributed by atoms with E-state index in [1.807, 2.05) is 12.2 Å². The van der Waals surface area contributed by atoms with Crippen LogP contribution >= 0.6 is 0 Å². The normalized spacial score (nSPS) is 28.2. The molecule has 2 fully saturated rings. The van der Waals surface area contributed by atoms with Crippen molar-refractivity contribution in [2.45, 2.75) is 43.1 Å². The second kappa shape index (κ2) is 9.37. The van der Waals surface area contributed by atoms with Gasteiger partial charge in [0.1, 0.15) is 23.7 Å². The van der Waals surface area contributed by atoms with Crippen LogP contribution in [0.2, 0.25) is 0 Å². The lowest BCUT2D eigenvalue weighted by Crippen LogP contribution is -2.57. The Hall–Kier alpha value is -3.93. The minimum absolute atomic E-state index is 0.0390. The average Bonchev–Trinajstić information content (AvgIpc) is 3.57. The van der Waals surface area contributed by atoms with Gasteiger partial charge < -0.3 is 29.5 Å². The van der Waals surface area contributed by atoms with Crippen LogP contribution in [0.1, 0.15) is 28.8 Å². The molecule has 5 aliphatic heterocycles. The zero-order valence-electron chi connectivity index (χ0n) is 22.1. The number of halogens is 1. The third-order valence-electron chi connectivity index (χ3n) is 8.22. The summed E-state index contributed by atoms with van der Waals surface area (Å²) in [7, 11) is 5.52. The van der Waals surface area contributed by atoms with E-state index in [1.54, 1.807) is 12.1 Å². The van der Waals surface area contributed by atoms with Gasteiger partial charge in [0.15, 0.2) is 17.1 Å². The van der Waals surface area contributed by atoms with E-state index in [4.69, 9.17) is 14.5 Å². The van der Waals surface area contributed by atoms with E-state index < -0.39 is 35.3 Å². The maximum Gasteiger partial charge on any atom is 0.322 e. The van der Waals surface area contributed by atoms with E-state index in [2.05, 4.69) is 34.5 Å². The highest BCUT2D eigenvalue weighted by Gasteiger charge is 2.56. The highest BCUT2D eigenvalue weighted by molar-refractivity contribution is 6.10. The lowest BCUT2D eigenvalue weighted by Gasteiger charge is -2.37. The molecular weight excluding hydrogens is 507 g/mol. The van der Waals surface area contributed by atoms with Crippen LogP contribution in [-0.4, -0.2) is 103 Å². The molecule has 206 valence electrons. The van der Waals surface area contributed by atoms with Gasteiger partial charge in [-0.2, -0.15) is 0 Å². The predicted molar refractivity (Wildman–Crippen MR) is 139 cm³/mol. The smallest absolute Gasteiger partial charge is 0.322 e. The van der Waals surface area contributed by atoms with Gasteiger partial charge in [0.2, 0.25) is 0 Å². The summed E-state index contributed by atoms with van der Waals surface area (Å²) in [6.07, 6.45) is 7.22. The molecule has 5 aliphatic rings. The van der Waals surface area contributed by atoms with Crippen molar-refractivity contribution < 1.29 is 28.2 Å². The Morgan fingerprint density at radius 1 is 1.23 bits per heavy atom. The maximum absolute atomic E-state index is 14.9. The Morgan fingerprint density at radius 3 is 2.67 bits per heavy atom. The molecule has 3 unspecified atom stereocenters. The molecule has 12 heteroatoms. The van der Waals surface area contributed by atoms with Crippen LogP contribution in [0.4, 0.5) is 9.18 Å². The second-order valence-corrected chi connectivity index (χ2v) is 10.7. The number of carbonyl (C=O) groups excluding carboxylic acids is 3. The zero-order chi connectivity index (χ0) is 27.5. The molecule has 2 N–H and O–H groups in total. The summed E-state index contributed by atoms with van der Waals surface area (Å²) in [5.74, 6) is -0.949. The van der Waals surface area contributed by atoms with Gasteiger partial charge in [-0.15, -0.1) is 0 Å². The Bertz CT molecular complexity index is 1330. The number of fused-ring (bicyclic) bond motifs is 2. The van der Waals surface area contributed by atoms with Crippen LogP contribution in [0.15, 0.2) is 41.1 Å². The molecule has 39 heavy (non-hydrogen) atoms. The summed E-state index contributed by atoms with van der Waals surface area (Å²) >= 11 is 0. The van der Waals surface area contributed by atoms with Crippen LogP contribution in [-0.2, 0) is 16.1 Å². The van der Waals surface area contributed by atoms with Gasteiger partial charge in [-0.05, 0) is 56.8 Å². The summed E-state index contributed by atoms with van der Waals surface area (Å²) in [5, 5.41) is 4.95. The fourth-order valence-corrected chi connectivity index (χ4v) is 6.01. The Morgan fingerprint density at radius 2 is 2.00 bits per heavy atom. The number of imide groups is 1. The van der Waals surface area contributed by atoms with Crippen molar-refractivity contribution in [3.8, 4) is 5.75 Å². The summed E-state index contributed by atoms with van der Waals surface area (Å²) in [6, 6.07) is 2.55. The summed E-state index contributed by atoms with van der Waals surface area (Å²) in [4.78, 5) is 49.5. The molecular formula is C27H31FN6O5. The number of aliphatic imine (C=N–C) groups is 1. The fraction of sp³-hybridized carbons (Fsp3) is 0.481. The van der Waals surface area contributed by atoms with E-state index in [9.17, 15) is 18.8 Å². The second-order valence-electron chi connectivity index (χ2n) is 10.7. The lowest BCUT2D eigenvalue weighted by molar-refractivity contribution is -0.124. The van der Waals surface area contributed by atoms with E-state index in [-0.39, 0.29) is 36.2 Å². The molecule has 3 atom stereocenters. The van der Waals surface area contributed by atoms with Crippen LogP contribution in [0.5, 0.6) is 5.75 Å². The van der Waals surface area contributed by atoms with Crippen molar-refractivity contribution in [3.05, 3.63) is 53.1 Å². The predicted octanol–water partition coefficient (Wildman–Crippen LogP) is 1.01. The summed E-state index contributed by atoms with van der Waals surface area (Å²) in [5.41, 5.74) is -1.29. The lowest BCUT2D eigenvalue weighted by atomic mass is 9.95. The van der Waals surface area contributed by atoms with Gasteiger partial charge in [-0.25, -0.2) is 9.18 Å². The largest absolute Gasteiger partial charge is 0.494 e. The van der Waals surface area contributed by atoms with Crippen molar-refractivity contribution >= 4 is 23.7 Å². The molecule has 6 rings (SSSR count). The van der Waals surface area contributed by atoms with Gasteiger partial charge >= 0.3 is 6.03 Å². The van der Waals surface area contributed by atoms with E-state index in [0.29, 0.717) is 11.6 Å². The van der Waals surface area contributed by atoms with E-state index in [1.165, 1.54) is 18.1 Å². The topological polar surface area (TPSA) is 116 Å². The third-order valence-corrected chi connectivity index (χ3v) is 8.22. The number of likely N-dealkylation sites (tertiary alicyclic amines) is 1. The number of hydrogen-bond donors (Lipinski definition) is 2. The number of amidine groups is 1. The highest BCUT2D eigenvalue weighted by atomic mass is 19.1. The summed E-state index contributed by atoms with van der Waals surface area (Å²) in [6.45, 7) is 1.62. The summed E-state index contributed by atoms with van der Waals surface area (Å²) < 4.78 is 26.1. The number of carbonyl (C=O) groups is 3. The first kappa shape index (κ1) is 25.4. The van der Waals surface area contributed by atoms with Gasteiger partial charge in [0.25, 0.3) is 11.8 Å². The maximum atomic E-state index is 14.9. The minimum Gasteiger partial charge on any atom is -0.494 e. The van der Waals surface area contributed by atoms with Crippen LogP contribution in [0.3, 0.4) is 0 Å². The SMILES string of the molecule is COc1ccc2c(c1F)C(=O)N(CC1(C3=CC4N=C(N5CCC(N(C)C)CC5)C=CC4O3)NC(=O)NC1=O)C2. The van der Waals surface area contributed by atoms with Crippen LogP contribution in [0, 0.1) is 5.82 Å². The van der Waals surface area contributed by atoms with Crippen molar-refractivity contribution in [3.63, 3.8) is 0 Å². The number of nitrogens with one attached hydrogen (secondary N) is 2. The number of rotatable bonds is 5. The molecule has 1 aromatic rings. The van der Waals surface area contributed by atoms with Crippen molar-refractivity contribution in [1.29, 1.82) is 0 Å². The highest BCUT2D eigenvalue weighted by Crippen LogP contribution is 2.37. The number of amides is 4. The molecule has 0 aromatic heterocycles. The molecule has 5 heterocycles. The van der Waals surface area contributed by atoms with E-state index in [0.717, 1.165) is 31.8 Å². The molecule has 0 radical (unpaired) electrons. The zero-order valence-corrected chi connectivity index (χ0v) is 22.1. The first-order valence-corrected chi connectivity index (χ1v) is 13.0. The standard InChI is InChI=1S/C27H31FN6O5/c1-32(2)16-8-10-33(11-9-16)21-7-6-18-17(29-21)12-20(39-18)27(25(36)30-26(37)31-27)14-34-13-15-4-5-19(38-3)23(28)22(15)24(34)35/h4-7,12,16-18H,8-11,13-14H2,1-3H3,(H2,30,31,36,37). The molecule has 0 aliphatic carbocycles. The van der Waals surface area contributed by atoms with Crippen molar-refractivity contribution in [2.24, 2.45) is 4.99 Å².